The van der Waals surface area contributed by atoms with Crippen molar-refractivity contribution in [1.29, 1.82) is 0 Å². The van der Waals surface area contributed by atoms with Gasteiger partial charge in [0.2, 0.25) is 0 Å². The van der Waals surface area contributed by atoms with E-state index in [-0.39, 0.29) is 11.9 Å². The van der Waals surface area contributed by atoms with Gasteiger partial charge in [-0.25, -0.2) is 4.39 Å². The monoisotopic (exact) mass is 307 g/mol. The molecule has 2 nitrogen and oxygen atoms in total. The van der Waals surface area contributed by atoms with Crippen LogP contribution in [0.25, 0.3) is 0 Å². The first-order chi connectivity index (χ1) is 8.74. The summed E-state index contributed by atoms with van der Waals surface area (Å²) in [5, 5.41) is 3.25. The number of ether oxygens (including phenoxy) is 1. The summed E-state index contributed by atoms with van der Waals surface area (Å²) in [5.41, 5.74) is 1.52. The quantitative estimate of drug-likeness (QED) is 0.855. The second-order valence-electron chi connectivity index (χ2n) is 4.15. The van der Waals surface area contributed by atoms with E-state index >= 15 is 0 Å². The van der Waals surface area contributed by atoms with Crippen LogP contribution in [0.2, 0.25) is 0 Å². The van der Waals surface area contributed by atoms with Gasteiger partial charge in [-0.2, -0.15) is 0 Å². The summed E-state index contributed by atoms with van der Waals surface area (Å²) in [6.07, 6.45) is -0.298. The highest BCUT2D eigenvalue weighted by Crippen LogP contribution is 2.34. The summed E-state index contributed by atoms with van der Waals surface area (Å²) >= 11 is 3.25. The molecule has 0 spiro atoms. The largest absolute Gasteiger partial charge is 0.482 e. The Bertz CT molecular complexity index is 588. The van der Waals surface area contributed by atoms with Crippen molar-refractivity contribution in [3.8, 4) is 5.75 Å². The molecule has 0 fully saturated rings. The van der Waals surface area contributed by atoms with Gasteiger partial charge in [0.25, 0.3) is 0 Å². The van der Waals surface area contributed by atoms with Crippen LogP contribution in [0.3, 0.4) is 0 Å². The first kappa shape index (κ1) is 11.5. The first-order valence-electron chi connectivity index (χ1n) is 5.68. The Morgan fingerprint density at radius 2 is 2.06 bits per heavy atom. The molecule has 0 saturated carbocycles. The fourth-order valence-corrected chi connectivity index (χ4v) is 2.38. The summed E-state index contributed by atoms with van der Waals surface area (Å²) in [4.78, 5) is 0. The molecule has 1 aliphatic rings. The van der Waals surface area contributed by atoms with E-state index in [1.165, 1.54) is 6.07 Å². The van der Waals surface area contributed by atoms with Crippen molar-refractivity contribution < 1.29 is 9.13 Å². The van der Waals surface area contributed by atoms with E-state index in [2.05, 4.69) is 21.2 Å². The highest BCUT2D eigenvalue weighted by atomic mass is 79.9. The highest BCUT2D eigenvalue weighted by molar-refractivity contribution is 9.10. The van der Waals surface area contributed by atoms with Crippen molar-refractivity contribution in [2.24, 2.45) is 0 Å². The molecule has 1 unspecified atom stereocenters. The van der Waals surface area contributed by atoms with Crippen LogP contribution in [-0.4, -0.2) is 6.54 Å². The predicted molar refractivity (Wildman–Crippen MR) is 72.4 cm³/mol. The summed E-state index contributed by atoms with van der Waals surface area (Å²) < 4.78 is 20.4. The highest BCUT2D eigenvalue weighted by Gasteiger charge is 2.23. The van der Waals surface area contributed by atoms with Gasteiger partial charge >= 0.3 is 0 Å². The Morgan fingerprint density at radius 3 is 2.89 bits per heavy atom. The van der Waals surface area contributed by atoms with Crippen LogP contribution in [0.1, 0.15) is 11.7 Å². The van der Waals surface area contributed by atoms with Crippen molar-refractivity contribution in [3.63, 3.8) is 0 Å². The number of anilines is 1. The average molecular weight is 308 g/mol. The SMILES string of the molecule is Fc1cc(Br)ccc1C1CNc2ccccc2O1. The van der Waals surface area contributed by atoms with Gasteiger partial charge < -0.3 is 10.1 Å². The van der Waals surface area contributed by atoms with Crippen LogP contribution in [0.4, 0.5) is 10.1 Å². The topological polar surface area (TPSA) is 21.3 Å². The van der Waals surface area contributed by atoms with Gasteiger partial charge in [-0.05, 0) is 24.3 Å². The van der Waals surface area contributed by atoms with Crippen molar-refractivity contribution >= 4 is 21.6 Å². The summed E-state index contributed by atoms with van der Waals surface area (Å²) in [6.45, 7) is 0.565. The summed E-state index contributed by atoms with van der Waals surface area (Å²) in [7, 11) is 0. The molecule has 2 aromatic rings. The van der Waals surface area contributed by atoms with Crippen LogP contribution in [-0.2, 0) is 0 Å². The third-order valence-electron chi connectivity index (χ3n) is 2.94. The van der Waals surface area contributed by atoms with Crippen molar-refractivity contribution in [1.82, 2.24) is 0 Å². The molecule has 2 aromatic carbocycles. The molecule has 92 valence electrons. The molecule has 0 aliphatic carbocycles. The molecule has 0 saturated heterocycles. The first-order valence-corrected chi connectivity index (χ1v) is 6.48. The average Bonchev–Trinajstić information content (AvgIpc) is 2.38. The lowest BCUT2D eigenvalue weighted by molar-refractivity contribution is 0.205. The molecular formula is C14H11BrFNO. The van der Waals surface area contributed by atoms with E-state index in [4.69, 9.17) is 4.74 Å². The molecule has 1 heterocycles. The molecule has 0 bridgehead atoms. The second-order valence-corrected chi connectivity index (χ2v) is 5.07. The molecule has 0 radical (unpaired) electrons. The van der Waals surface area contributed by atoms with Gasteiger partial charge in [0.05, 0.1) is 12.2 Å². The van der Waals surface area contributed by atoms with E-state index in [0.717, 1.165) is 15.9 Å². The maximum absolute atomic E-state index is 13.9. The van der Waals surface area contributed by atoms with Crippen molar-refractivity contribution in [3.05, 3.63) is 58.3 Å². The van der Waals surface area contributed by atoms with Crippen LogP contribution in [0, 0.1) is 5.82 Å². The number of nitrogens with one attached hydrogen (secondary N) is 1. The number of hydrogen-bond donors (Lipinski definition) is 1. The van der Waals surface area contributed by atoms with Gasteiger partial charge in [-0.1, -0.05) is 34.1 Å². The molecule has 4 heteroatoms. The standard InChI is InChI=1S/C14H11BrFNO/c15-9-5-6-10(11(16)7-9)14-8-17-12-3-1-2-4-13(12)18-14/h1-7,14,17H,8H2. The molecule has 0 amide bonds. The molecule has 18 heavy (non-hydrogen) atoms. The Hall–Kier alpha value is -1.55. The molecule has 0 aromatic heterocycles. The van der Waals surface area contributed by atoms with Gasteiger partial charge in [0, 0.05) is 10.0 Å². The fraction of sp³-hybridized carbons (Fsp3) is 0.143. The Kier molecular flexibility index (Phi) is 2.96. The summed E-state index contributed by atoms with van der Waals surface area (Å²) in [5.74, 6) is 0.506. The number of para-hydroxylation sites is 2. The maximum atomic E-state index is 13.9. The lowest BCUT2D eigenvalue weighted by Crippen LogP contribution is -2.24. The van der Waals surface area contributed by atoms with Crippen LogP contribution in [0.5, 0.6) is 5.75 Å². The van der Waals surface area contributed by atoms with Crippen molar-refractivity contribution in [2.75, 3.05) is 11.9 Å². The zero-order valence-corrected chi connectivity index (χ0v) is 11.1. The van der Waals surface area contributed by atoms with Gasteiger partial charge in [-0.15, -0.1) is 0 Å². The van der Waals surface area contributed by atoms with E-state index in [1.807, 2.05) is 30.3 Å². The van der Waals surface area contributed by atoms with Crippen molar-refractivity contribution in [2.45, 2.75) is 6.10 Å². The number of fused-ring (bicyclic) bond motifs is 1. The molecular weight excluding hydrogens is 297 g/mol. The van der Waals surface area contributed by atoms with Gasteiger partial charge in [-0.3, -0.25) is 0 Å². The fourth-order valence-electron chi connectivity index (χ4n) is 2.05. The minimum atomic E-state index is -0.298. The molecule has 1 N–H and O–H groups in total. The lowest BCUT2D eigenvalue weighted by Gasteiger charge is -2.27. The van der Waals surface area contributed by atoms with E-state index < -0.39 is 0 Å². The van der Waals surface area contributed by atoms with Crippen LogP contribution < -0.4 is 10.1 Å². The number of halogens is 2. The Morgan fingerprint density at radius 1 is 1.22 bits per heavy atom. The molecule has 3 rings (SSSR count). The molecule has 1 atom stereocenters. The minimum absolute atomic E-state index is 0.254. The maximum Gasteiger partial charge on any atom is 0.144 e. The van der Waals surface area contributed by atoms with Gasteiger partial charge in [0.1, 0.15) is 17.7 Å². The second kappa shape index (κ2) is 4.61. The number of benzene rings is 2. The zero-order valence-electron chi connectivity index (χ0n) is 9.49. The lowest BCUT2D eigenvalue weighted by atomic mass is 10.1. The van der Waals surface area contributed by atoms with Gasteiger partial charge in [0.15, 0.2) is 0 Å². The number of rotatable bonds is 1. The Balaban J connectivity index is 1.92. The smallest absolute Gasteiger partial charge is 0.144 e. The minimum Gasteiger partial charge on any atom is -0.482 e. The van der Waals surface area contributed by atoms with E-state index in [9.17, 15) is 4.39 Å². The predicted octanol–water partition coefficient (Wildman–Crippen LogP) is 4.13. The van der Waals surface area contributed by atoms with E-state index in [0.29, 0.717) is 12.1 Å². The van der Waals surface area contributed by atoms with Crippen LogP contribution >= 0.6 is 15.9 Å². The summed E-state index contributed by atoms with van der Waals surface area (Å²) in [6, 6.07) is 12.7. The van der Waals surface area contributed by atoms with E-state index in [1.54, 1.807) is 6.07 Å². The Labute approximate surface area is 113 Å². The third kappa shape index (κ3) is 2.08. The molecule has 1 aliphatic heterocycles. The normalized spacial score (nSPS) is 17.6. The zero-order chi connectivity index (χ0) is 12.5. The third-order valence-corrected chi connectivity index (χ3v) is 3.44. The van der Waals surface area contributed by atoms with Crippen LogP contribution in [0.15, 0.2) is 46.9 Å². The number of hydrogen-bond acceptors (Lipinski definition) is 2.